The summed E-state index contributed by atoms with van der Waals surface area (Å²) < 4.78 is 0. The molecule has 0 aliphatic carbocycles. The molecule has 0 saturated carbocycles. The number of rotatable bonds is 5. The van der Waals surface area contributed by atoms with Crippen LogP contribution in [0.1, 0.15) is 21.5 Å². The monoisotopic (exact) mass is 665 g/mol. The van der Waals surface area contributed by atoms with Crippen molar-refractivity contribution in [3.8, 4) is 5.92 Å². The summed E-state index contributed by atoms with van der Waals surface area (Å²) in [6.45, 7) is 0. The minimum Gasteiger partial charge on any atom is -0.366 e. The topological polar surface area (TPSA) is 17.1 Å². The Morgan fingerprint density at radius 2 is 0.889 bits per heavy atom. The van der Waals surface area contributed by atoms with E-state index in [1.54, 1.807) is 36.4 Å². The van der Waals surface area contributed by atoms with Crippen LogP contribution in [0.5, 0.6) is 0 Å². The zero-order valence-corrected chi connectivity index (χ0v) is 22.7. The van der Waals surface area contributed by atoms with Crippen LogP contribution in [0.25, 0.3) is 0 Å². The standard InChI is InChI=1S/C18H15P.C15H9O.Au/c1-4-10-16(11-5-1)19(17-12-6-2-7-13-17)18-14-8-3-9-15-18;1-2-12-8-6-7-11-14(12)15(16)13-9-4-3-5-10-13;/h1-15H;3-11H;/q;-1;+1/p+1. The first-order valence-corrected chi connectivity index (χ1v) is 12.9. The second-order valence-corrected chi connectivity index (χ2v) is 10.3. The van der Waals surface area contributed by atoms with E-state index >= 15 is 0 Å². The molecule has 0 radical (unpaired) electrons. The number of ketones is 1. The Bertz CT molecular complexity index is 1300. The summed E-state index contributed by atoms with van der Waals surface area (Å²) >= 11 is 0. The van der Waals surface area contributed by atoms with Crippen molar-refractivity contribution in [2.75, 3.05) is 0 Å². The maximum atomic E-state index is 12.1. The van der Waals surface area contributed by atoms with Gasteiger partial charge in [-0.05, 0) is 42.0 Å². The minimum atomic E-state index is -0.877. The number of carbonyl (C=O) groups is 1. The first-order chi connectivity index (χ1) is 17.3. The smallest absolute Gasteiger partial charge is 0.366 e. The summed E-state index contributed by atoms with van der Waals surface area (Å²) in [7, 11) is -0.877. The second-order valence-electron chi connectivity index (χ2n) is 7.84. The molecular weight excluding hydrogens is 640 g/mol. The summed E-state index contributed by atoms with van der Waals surface area (Å²) in [4.78, 5) is 12.1. The van der Waals surface area contributed by atoms with Crippen molar-refractivity contribution < 1.29 is 27.2 Å². The Kier molecular flexibility index (Phi) is 10.7. The number of benzene rings is 5. The van der Waals surface area contributed by atoms with Gasteiger partial charge in [-0.15, -0.1) is 11.6 Å². The van der Waals surface area contributed by atoms with E-state index in [1.165, 1.54) is 15.9 Å². The van der Waals surface area contributed by atoms with Crippen LogP contribution in [0.15, 0.2) is 146 Å². The Hall–Kier alpha value is -3.50. The third kappa shape index (κ3) is 7.02. The van der Waals surface area contributed by atoms with Crippen LogP contribution in [-0.2, 0) is 22.4 Å². The molecule has 5 rings (SSSR count). The van der Waals surface area contributed by atoms with Crippen molar-refractivity contribution in [3.05, 3.63) is 169 Å². The predicted molar refractivity (Wildman–Crippen MR) is 149 cm³/mol. The molecular formula is C33H25AuOP+. The maximum absolute atomic E-state index is 12.1. The maximum Gasteiger partial charge on any atom is 1.00 e. The molecule has 1 nitrogen and oxygen atoms in total. The molecule has 0 aliphatic heterocycles. The van der Waals surface area contributed by atoms with Crippen LogP contribution in [0.4, 0.5) is 0 Å². The molecule has 0 aromatic heterocycles. The van der Waals surface area contributed by atoms with Gasteiger partial charge in [-0.2, -0.15) is 0 Å². The van der Waals surface area contributed by atoms with E-state index in [0.29, 0.717) is 16.7 Å². The van der Waals surface area contributed by atoms with E-state index in [1.807, 2.05) is 18.2 Å². The molecule has 36 heavy (non-hydrogen) atoms. The van der Waals surface area contributed by atoms with Gasteiger partial charge in [-0.25, -0.2) is 0 Å². The van der Waals surface area contributed by atoms with Gasteiger partial charge in [0, 0.05) is 5.56 Å². The van der Waals surface area contributed by atoms with Crippen LogP contribution < -0.4 is 15.9 Å². The van der Waals surface area contributed by atoms with Crippen LogP contribution in [-0.4, -0.2) is 5.78 Å². The van der Waals surface area contributed by atoms with Gasteiger partial charge in [0.1, 0.15) is 15.9 Å². The molecule has 0 saturated heterocycles. The Balaban J connectivity index is 0.000000198. The van der Waals surface area contributed by atoms with Crippen molar-refractivity contribution in [2.45, 2.75) is 0 Å². The summed E-state index contributed by atoms with van der Waals surface area (Å²) in [6, 6.07) is 48.6. The predicted octanol–water partition coefficient (Wildman–Crippen LogP) is 6.03. The van der Waals surface area contributed by atoms with Crippen molar-refractivity contribution >= 4 is 29.6 Å². The van der Waals surface area contributed by atoms with Gasteiger partial charge in [-0.3, -0.25) is 10.7 Å². The average Bonchev–Trinajstić information content (AvgIpc) is 2.95. The molecule has 0 atom stereocenters. The zero-order chi connectivity index (χ0) is 24.3. The van der Waals surface area contributed by atoms with Crippen LogP contribution in [0.2, 0.25) is 0 Å². The van der Waals surface area contributed by atoms with Crippen LogP contribution in [0.3, 0.4) is 0 Å². The van der Waals surface area contributed by atoms with Gasteiger partial charge in [-0.1, -0.05) is 103 Å². The van der Waals surface area contributed by atoms with E-state index in [2.05, 4.69) is 96.9 Å². The molecule has 0 amide bonds. The summed E-state index contributed by atoms with van der Waals surface area (Å²) in [6.07, 6.45) is 7.14. The van der Waals surface area contributed by atoms with Gasteiger partial charge < -0.3 is 6.42 Å². The molecule has 0 spiro atoms. The van der Waals surface area contributed by atoms with E-state index in [0.717, 1.165) is 0 Å². The molecule has 0 bridgehead atoms. The minimum absolute atomic E-state index is 0. The fourth-order valence-corrected chi connectivity index (χ4v) is 6.43. The second kappa shape index (κ2) is 14.2. The first kappa shape index (κ1) is 27.1. The molecule has 0 unspecified atom stereocenters. The third-order valence-corrected chi connectivity index (χ3v) is 8.26. The fraction of sp³-hybridized carbons (Fsp3) is 0. The van der Waals surface area contributed by atoms with Crippen molar-refractivity contribution in [3.63, 3.8) is 0 Å². The molecule has 0 fully saturated rings. The van der Waals surface area contributed by atoms with Gasteiger partial charge in [0.2, 0.25) is 0 Å². The Labute approximate surface area is 230 Å². The summed E-state index contributed by atoms with van der Waals surface area (Å²) in [5.41, 5.74) is 1.67. The SMILES string of the molecule is [Au+].[C-]#Cc1ccccc1C(=O)c1ccccc1.c1ccc([PH+](c2ccccc2)c2ccccc2)cc1. The summed E-state index contributed by atoms with van der Waals surface area (Å²) in [5, 5.41) is 4.31. The molecule has 0 heterocycles. The Morgan fingerprint density at radius 1 is 0.528 bits per heavy atom. The number of hydrogen-bond donors (Lipinski definition) is 0. The molecule has 5 aromatic carbocycles. The number of hydrogen-bond acceptors (Lipinski definition) is 1. The van der Waals surface area contributed by atoms with Crippen LogP contribution >= 0.6 is 7.92 Å². The average molecular weight is 666 g/mol. The quantitative estimate of drug-likeness (QED) is 0.0738. The van der Waals surface area contributed by atoms with E-state index in [4.69, 9.17) is 6.42 Å². The van der Waals surface area contributed by atoms with Gasteiger partial charge in [0.15, 0.2) is 5.78 Å². The van der Waals surface area contributed by atoms with Crippen molar-refractivity contribution in [1.29, 1.82) is 0 Å². The first-order valence-electron chi connectivity index (χ1n) is 11.4. The van der Waals surface area contributed by atoms with Gasteiger partial charge in [0.25, 0.3) is 0 Å². The molecule has 178 valence electrons. The summed E-state index contributed by atoms with van der Waals surface area (Å²) in [5.74, 6) is 2.20. The molecule has 0 aliphatic rings. The molecule has 0 N–H and O–H groups in total. The number of carbonyl (C=O) groups excluding carboxylic acids is 1. The van der Waals surface area contributed by atoms with E-state index in [9.17, 15) is 4.79 Å². The third-order valence-electron chi connectivity index (χ3n) is 5.53. The van der Waals surface area contributed by atoms with Gasteiger partial charge in [0.05, 0.1) is 7.92 Å². The van der Waals surface area contributed by atoms with Crippen LogP contribution in [0, 0.1) is 12.3 Å². The largest absolute Gasteiger partial charge is 1.00 e. The van der Waals surface area contributed by atoms with E-state index in [-0.39, 0.29) is 28.2 Å². The molecule has 3 heteroatoms. The normalized spacial score (nSPS) is 9.78. The molecule has 5 aromatic rings. The fourth-order valence-electron chi connectivity index (χ4n) is 3.85. The zero-order valence-electron chi connectivity index (χ0n) is 19.6. The Morgan fingerprint density at radius 3 is 1.31 bits per heavy atom. The van der Waals surface area contributed by atoms with Crippen molar-refractivity contribution in [1.82, 2.24) is 0 Å². The van der Waals surface area contributed by atoms with Crippen molar-refractivity contribution in [2.24, 2.45) is 0 Å². The van der Waals surface area contributed by atoms with E-state index < -0.39 is 7.92 Å². The van der Waals surface area contributed by atoms with Gasteiger partial charge >= 0.3 is 22.4 Å².